The molecule has 152 valence electrons. The van der Waals surface area contributed by atoms with E-state index in [0.29, 0.717) is 31.9 Å². The summed E-state index contributed by atoms with van der Waals surface area (Å²) in [5.41, 5.74) is 2.79. The zero-order valence-electron chi connectivity index (χ0n) is 17.1. The van der Waals surface area contributed by atoms with Gasteiger partial charge in [-0.05, 0) is 62.6 Å². The minimum absolute atomic E-state index is 0.0215. The number of ether oxygens (including phenoxy) is 2. The third-order valence-corrected chi connectivity index (χ3v) is 4.05. The van der Waals surface area contributed by atoms with Crippen molar-refractivity contribution in [1.82, 2.24) is 5.32 Å². The van der Waals surface area contributed by atoms with Crippen LogP contribution in [-0.4, -0.2) is 25.7 Å². The molecule has 2 rings (SSSR count). The first kappa shape index (κ1) is 21.8. The summed E-state index contributed by atoms with van der Waals surface area (Å²) in [6, 6.07) is 15.2. The fourth-order valence-electron chi connectivity index (χ4n) is 2.71. The molecule has 0 spiro atoms. The van der Waals surface area contributed by atoms with E-state index < -0.39 is 5.91 Å². The number of hydrogen-bond donors (Lipinski definition) is 2. The second kappa shape index (κ2) is 11.4. The van der Waals surface area contributed by atoms with Gasteiger partial charge in [0.15, 0.2) is 11.5 Å². The summed E-state index contributed by atoms with van der Waals surface area (Å²) in [7, 11) is 0. The number of anilines is 1. The van der Waals surface area contributed by atoms with Gasteiger partial charge in [-0.1, -0.05) is 18.2 Å². The van der Waals surface area contributed by atoms with E-state index in [1.807, 2.05) is 63.2 Å². The molecule has 2 aromatic carbocycles. The quantitative estimate of drug-likeness (QED) is 0.362. The van der Waals surface area contributed by atoms with Crippen LogP contribution in [0.25, 0.3) is 0 Å². The number of nitrogens with zero attached hydrogens (tertiary/aromatic N) is 1. The Morgan fingerprint density at radius 3 is 2.55 bits per heavy atom. The summed E-state index contributed by atoms with van der Waals surface area (Å²) in [5, 5.41) is 15.0. The number of aryl methyl sites for hydroxylation is 1. The monoisotopic (exact) mass is 393 g/mol. The van der Waals surface area contributed by atoms with E-state index in [2.05, 4.69) is 10.6 Å². The van der Waals surface area contributed by atoms with Crippen molar-refractivity contribution in [3.8, 4) is 17.6 Å². The van der Waals surface area contributed by atoms with Crippen LogP contribution in [0.4, 0.5) is 5.69 Å². The molecule has 0 aliphatic heterocycles. The molecule has 2 N–H and O–H groups in total. The lowest BCUT2D eigenvalue weighted by atomic mass is 10.1. The molecule has 0 unspecified atom stereocenters. The zero-order valence-corrected chi connectivity index (χ0v) is 17.1. The lowest BCUT2D eigenvalue weighted by molar-refractivity contribution is -0.112. The Morgan fingerprint density at radius 2 is 1.86 bits per heavy atom. The Hall–Kier alpha value is -3.46. The van der Waals surface area contributed by atoms with E-state index in [-0.39, 0.29) is 5.57 Å². The van der Waals surface area contributed by atoms with Gasteiger partial charge in [0.05, 0.1) is 13.2 Å². The van der Waals surface area contributed by atoms with Gasteiger partial charge in [0.25, 0.3) is 5.91 Å². The fraction of sp³-hybridized carbons (Fsp3) is 0.304. The molecule has 0 aliphatic carbocycles. The molecule has 6 heteroatoms. The second-order valence-electron chi connectivity index (χ2n) is 6.34. The number of amides is 1. The van der Waals surface area contributed by atoms with E-state index in [1.54, 1.807) is 6.07 Å². The fourth-order valence-corrected chi connectivity index (χ4v) is 2.71. The Balaban J connectivity index is 1.93. The van der Waals surface area contributed by atoms with Gasteiger partial charge in [-0.15, -0.1) is 0 Å². The predicted octanol–water partition coefficient (Wildman–Crippen LogP) is 3.97. The number of nitriles is 1. The molecule has 29 heavy (non-hydrogen) atoms. The van der Waals surface area contributed by atoms with Crippen LogP contribution in [0.1, 0.15) is 25.0 Å². The third kappa shape index (κ3) is 6.89. The minimum Gasteiger partial charge on any atom is -0.490 e. The van der Waals surface area contributed by atoms with E-state index >= 15 is 0 Å². The van der Waals surface area contributed by atoms with Gasteiger partial charge in [0.2, 0.25) is 0 Å². The van der Waals surface area contributed by atoms with Crippen molar-refractivity contribution in [2.45, 2.75) is 27.2 Å². The molecule has 1 amide bonds. The molecule has 0 saturated heterocycles. The Bertz CT molecular complexity index is 900. The SMILES string of the molecule is CCOc1ccc(CCN/C=C(/C#N)C(=O)Nc2cccc(C)c2)cc1OCC. The minimum atomic E-state index is -0.440. The number of carbonyl (C=O) groups is 1. The topological polar surface area (TPSA) is 83.4 Å². The third-order valence-electron chi connectivity index (χ3n) is 4.05. The first-order valence-corrected chi connectivity index (χ1v) is 9.67. The lowest BCUT2D eigenvalue weighted by Gasteiger charge is -2.12. The van der Waals surface area contributed by atoms with E-state index in [0.717, 1.165) is 22.6 Å². The molecule has 0 saturated carbocycles. The number of hydrogen-bond acceptors (Lipinski definition) is 5. The van der Waals surface area contributed by atoms with Crippen LogP contribution >= 0.6 is 0 Å². The van der Waals surface area contributed by atoms with Crippen molar-refractivity contribution in [1.29, 1.82) is 5.26 Å². The van der Waals surface area contributed by atoms with Gasteiger partial charge in [-0.2, -0.15) is 5.26 Å². The van der Waals surface area contributed by atoms with Gasteiger partial charge in [0.1, 0.15) is 11.6 Å². The first-order chi connectivity index (χ1) is 14.1. The Morgan fingerprint density at radius 1 is 1.10 bits per heavy atom. The average Bonchev–Trinajstić information content (AvgIpc) is 2.70. The normalized spacial score (nSPS) is 10.8. The van der Waals surface area contributed by atoms with Crippen molar-refractivity contribution in [3.63, 3.8) is 0 Å². The standard InChI is InChI=1S/C23H27N3O3/c1-4-28-21-10-9-18(14-22(21)29-5-2)11-12-25-16-19(15-24)23(27)26-20-8-6-7-17(3)13-20/h6-10,13-14,16,25H,4-5,11-12H2,1-3H3,(H,26,27)/b19-16-. The van der Waals surface area contributed by atoms with Crippen LogP contribution < -0.4 is 20.1 Å². The van der Waals surface area contributed by atoms with E-state index in [9.17, 15) is 10.1 Å². The number of benzene rings is 2. The molecular formula is C23H27N3O3. The highest BCUT2D eigenvalue weighted by atomic mass is 16.5. The van der Waals surface area contributed by atoms with Crippen molar-refractivity contribution < 1.29 is 14.3 Å². The zero-order chi connectivity index (χ0) is 21.1. The second-order valence-corrected chi connectivity index (χ2v) is 6.34. The van der Waals surface area contributed by atoms with Crippen LogP contribution in [0.15, 0.2) is 54.2 Å². The molecule has 0 radical (unpaired) electrons. The first-order valence-electron chi connectivity index (χ1n) is 9.67. The number of rotatable bonds is 10. The maximum Gasteiger partial charge on any atom is 0.267 e. The smallest absolute Gasteiger partial charge is 0.267 e. The van der Waals surface area contributed by atoms with Crippen LogP contribution in [0.2, 0.25) is 0 Å². The maximum absolute atomic E-state index is 12.3. The summed E-state index contributed by atoms with van der Waals surface area (Å²) in [6.07, 6.45) is 2.16. The Kier molecular flexibility index (Phi) is 8.58. The van der Waals surface area contributed by atoms with E-state index in [4.69, 9.17) is 9.47 Å². The van der Waals surface area contributed by atoms with Gasteiger partial charge in [-0.25, -0.2) is 0 Å². The summed E-state index contributed by atoms with van der Waals surface area (Å²) in [5.74, 6) is 1.01. The average molecular weight is 393 g/mol. The van der Waals surface area contributed by atoms with Crippen LogP contribution in [0.3, 0.4) is 0 Å². The lowest BCUT2D eigenvalue weighted by Crippen LogP contribution is -2.18. The summed E-state index contributed by atoms with van der Waals surface area (Å²) in [4.78, 5) is 12.3. The van der Waals surface area contributed by atoms with E-state index in [1.165, 1.54) is 6.20 Å². The summed E-state index contributed by atoms with van der Waals surface area (Å²) < 4.78 is 11.2. The largest absolute Gasteiger partial charge is 0.490 e. The molecular weight excluding hydrogens is 366 g/mol. The maximum atomic E-state index is 12.3. The number of carbonyl (C=O) groups excluding carboxylic acids is 1. The number of nitrogens with one attached hydrogen (secondary N) is 2. The van der Waals surface area contributed by atoms with Crippen molar-refractivity contribution >= 4 is 11.6 Å². The highest BCUT2D eigenvalue weighted by Gasteiger charge is 2.09. The highest BCUT2D eigenvalue weighted by Crippen LogP contribution is 2.28. The van der Waals surface area contributed by atoms with Crippen molar-refractivity contribution in [3.05, 3.63) is 65.4 Å². The van der Waals surface area contributed by atoms with Gasteiger partial charge in [-0.3, -0.25) is 4.79 Å². The van der Waals surface area contributed by atoms with Crippen LogP contribution in [0, 0.1) is 18.3 Å². The molecule has 0 bridgehead atoms. The van der Waals surface area contributed by atoms with Gasteiger partial charge in [0, 0.05) is 18.4 Å². The highest BCUT2D eigenvalue weighted by molar-refractivity contribution is 6.06. The molecule has 0 atom stereocenters. The molecule has 0 heterocycles. The van der Waals surface area contributed by atoms with Gasteiger partial charge >= 0.3 is 0 Å². The molecule has 0 fully saturated rings. The summed E-state index contributed by atoms with van der Waals surface area (Å²) >= 11 is 0. The van der Waals surface area contributed by atoms with Crippen molar-refractivity contribution in [2.75, 3.05) is 25.1 Å². The predicted molar refractivity (Wildman–Crippen MR) is 114 cm³/mol. The molecule has 0 aliphatic rings. The van der Waals surface area contributed by atoms with Crippen LogP contribution in [-0.2, 0) is 11.2 Å². The van der Waals surface area contributed by atoms with Gasteiger partial charge < -0.3 is 20.1 Å². The van der Waals surface area contributed by atoms with Crippen LogP contribution in [0.5, 0.6) is 11.5 Å². The Labute approximate surface area is 172 Å². The molecule has 6 nitrogen and oxygen atoms in total. The molecule has 0 aromatic heterocycles. The van der Waals surface area contributed by atoms with Crippen molar-refractivity contribution in [2.24, 2.45) is 0 Å². The molecule has 2 aromatic rings. The summed E-state index contributed by atoms with van der Waals surface area (Å²) in [6.45, 7) is 7.51.